The second-order valence-electron chi connectivity index (χ2n) is 7.00. The molecule has 0 radical (unpaired) electrons. The topological polar surface area (TPSA) is 90.0 Å². The van der Waals surface area contributed by atoms with Gasteiger partial charge in [-0.2, -0.15) is 19.7 Å². The molecule has 29 heavy (non-hydrogen) atoms. The SMILES string of the molecule is Cc1nn(C)cc1C[C@@H](C)NC(=O)c1cc(-c2ccc(F)cc2)nc2ncnn12. The van der Waals surface area contributed by atoms with E-state index < -0.39 is 0 Å². The summed E-state index contributed by atoms with van der Waals surface area (Å²) in [4.78, 5) is 21.5. The fourth-order valence-corrected chi connectivity index (χ4v) is 3.27. The molecule has 3 aromatic heterocycles. The lowest BCUT2D eigenvalue weighted by molar-refractivity contribution is 0.0932. The molecule has 1 N–H and O–H groups in total. The molecule has 0 saturated heterocycles. The molecule has 0 saturated carbocycles. The van der Waals surface area contributed by atoms with Crippen LogP contribution in [0.5, 0.6) is 0 Å². The van der Waals surface area contributed by atoms with Crippen molar-refractivity contribution in [1.29, 1.82) is 0 Å². The summed E-state index contributed by atoms with van der Waals surface area (Å²) in [7, 11) is 1.87. The molecule has 1 aromatic carbocycles. The highest BCUT2D eigenvalue weighted by molar-refractivity contribution is 5.94. The first-order valence-corrected chi connectivity index (χ1v) is 9.17. The van der Waals surface area contributed by atoms with Crippen molar-refractivity contribution in [2.75, 3.05) is 0 Å². The minimum atomic E-state index is -0.338. The maximum atomic E-state index is 13.2. The lowest BCUT2D eigenvalue weighted by atomic mass is 10.1. The Balaban J connectivity index is 1.62. The Morgan fingerprint density at radius 3 is 2.72 bits per heavy atom. The second-order valence-corrected chi connectivity index (χ2v) is 7.00. The quantitative estimate of drug-likeness (QED) is 0.562. The summed E-state index contributed by atoms with van der Waals surface area (Å²) in [5.74, 6) is -0.331. The Morgan fingerprint density at radius 1 is 1.28 bits per heavy atom. The highest BCUT2D eigenvalue weighted by atomic mass is 19.1. The first-order chi connectivity index (χ1) is 13.9. The molecule has 0 bridgehead atoms. The molecule has 0 aliphatic carbocycles. The Kier molecular flexibility index (Phi) is 4.79. The maximum Gasteiger partial charge on any atom is 0.270 e. The number of carbonyl (C=O) groups excluding carboxylic acids is 1. The number of rotatable bonds is 5. The van der Waals surface area contributed by atoms with Gasteiger partial charge in [-0.05, 0) is 56.2 Å². The van der Waals surface area contributed by atoms with Crippen molar-refractivity contribution in [3.8, 4) is 11.3 Å². The highest BCUT2D eigenvalue weighted by Crippen LogP contribution is 2.20. The number of hydrogen-bond acceptors (Lipinski definition) is 5. The van der Waals surface area contributed by atoms with Gasteiger partial charge in [0.25, 0.3) is 11.7 Å². The summed E-state index contributed by atoms with van der Waals surface area (Å²) in [6, 6.07) is 7.43. The Morgan fingerprint density at radius 2 is 2.03 bits per heavy atom. The second kappa shape index (κ2) is 7.42. The van der Waals surface area contributed by atoms with E-state index in [0.29, 0.717) is 29.1 Å². The molecule has 1 amide bonds. The molecule has 8 nitrogen and oxygen atoms in total. The standard InChI is InChI=1S/C20H20FN7O/c1-12(8-15-10-27(3)26-13(15)2)24-19(29)18-9-17(14-4-6-16(21)7-5-14)25-20-22-11-23-28(18)20/h4-7,9-12H,8H2,1-3H3,(H,24,29)/t12-/m1/s1. The summed E-state index contributed by atoms with van der Waals surface area (Å²) < 4.78 is 16.4. The van der Waals surface area contributed by atoms with Gasteiger partial charge in [-0.15, -0.1) is 0 Å². The average Bonchev–Trinajstić information content (AvgIpc) is 3.27. The first-order valence-electron chi connectivity index (χ1n) is 9.17. The fourth-order valence-electron chi connectivity index (χ4n) is 3.27. The molecular weight excluding hydrogens is 373 g/mol. The van der Waals surface area contributed by atoms with Gasteiger partial charge in [-0.25, -0.2) is 9.37 Å². The van der Waals surface area contributed by atoms with E-state index in [-0.39, 0.29) is 17.8 Å². The molecule has 9 heteroatoms. The predicted molar refractivity (Wildman–Crippen MR) is 105 cm³/mol. The van der Waals surface area contributed by atoms with Crippen molar-refractivity contribution in [3.63, 3.8) is 0 Å². The van der Waals surface area contributed by atoms with E-state index >= 15 is 0 Å². The van der Waals surface area contributed by atoms with Crippen LogP contribution in [0, 0.1) is 12.7 Å². The van der Waals surface area contributed by atoms with Crippen molar-refractivity contribution >= 4 is 11.7 Å². The molecule has 4 aromatic rings. The van der Waals surface area contributed by atoms with Crippen molar-refractivity contribution in [2.24, 2.45) is 7.05 Å². The van der Waals surface area contributed by atoms with E-state index in [1.54, 1.807) is 22.9 Å². The Bertz CT molecular complexity index is 1180. The van der Waals surface area contributed by atoms with Gasteiger partial charge in [0.1, 0.15) is 17.8 Å². The number of amides is 1. The molecule has 0 spiro atoms. The summed E-state index contributed by atoms with van der Waals surface area (Å²) in [6.45, 7) is 3.88. The first kappa shape index (κ1) is 18.7. The maximum absolute atomic E-state index is 13.2. The van der Waals surface area contributed by atoms with Crippen molar-refractivity contribution in [2.45, 2.75) is 26.3 Å². The van der Waals surface area contributed by atoms with Gasteiger partial charge < -0.3 is 5.32 Å². The zero-order valence-electron chi connectivity index (χ0n) is 16.3. The van der Waals surface area contributed by atoms with Gasteiger partial charge >= 0.3 is 0 Å². The molecule has 1 atom stereocenters. The molecule has 148 valence electrons. The molecule has 0 fully saturated rings. The molecule has 3 heterocycles. The number of nitrogens with one attached hydrogen (secondary N) is 1. The number of hydrogen-bond donors (Lipinski definition) is 1. The van der Waals surface area contributed by atoms with Crippen LogP contribution < -0.4 is 5.32 Å². The van der Waals surface area contributed by atoms with Gasteiger partial charge in [0.05, 0.1) is 11.4 Å². The monoisotopic (exact) mass is 393 g/mol. The summed E-state index contributed by atoms with van der Waals surface area (Å²) in [5, 5.41) is 11.4. The van der Waals surface area contributed by atoms with Crippen LogP contribution >= 0.6 is 0 Å². The van der Waals surface area contributed by atoms with Crippen molar-refractivity contribution in [3.05, 3.63) is 65.6 Å². The zero-order valence-corrected chi connectivity index (χ0v) is 16.3. The largest absolute Gasteiger partial charge is 0.348 e. The third-order valence-electron chi connectivity index (χ3n) is 4.64. The lowest BCUT2D eigenvalue weighted by Gasteiger charge is -2.14. The number of halogens is 1. The molecule has 4 rings (SSSR count). The number of aromatic nitrogens is 6. The number of nitrogens with zero attached hydrogens (tertiary/aromatic N) is 6. The molecule has 0 aliphatic rings. The van der Waals surface area contributed by atoms with Crippen LogP contribution in [0.4, 0.5) is 4.39 Å². The van der Waals surface area contributed by atoms with Gasteiger partial charge in [-0.1, -0.05) is 0 Å². The number of aryl methyl sites for hydroxylation is 2. The van der Waals surface area contributed by atoms with Gasteiger partial charge in [0, 0.05) is 24.8 Å². The van der Waals surface area contributed by atoms with Crippen LogP contribution in [0.25, 0.3) is 17.0 Å². The van der Waals surface area contributed by atoms with E-state index in [2.05, 4.69) is 25.5 Å². The van der Waals surface area contributed by atoms with Crippen LogP contribution in [0.1, 0.15) is 28.7 Å². The van der Waals surface area contributed by atoms with Gasteiger partial charge in [0.15, 0.2) is 0 Å². The molecule has 0 unspecified atom stereocenters. The van der Waals surface area contributed by atoms with E-state index in [0.717, 1.165) is 11.3 Å². The molecule has 0 aliphatic heterocycles. The summed E-state index contributed by atoms with van der Waals surface area (Å²) in [6.07, 6.45) is 3.95. The normalized spacial score (nSPS) is 12.3. The van der Waals surface area contributed by atoms with Crippen LogP contribution in [-0.4, -0.2) is 41.3 Å². The molecular formula is C20H20FN7O. The van der Waals surface area contributed by atoms with Crippen LogP contribution in [0.3, 0.4) is 0 Å². The Labute approximate surface area is 166 Å². The number of carbonyl (C=O) groups is 1. The van der Waals surface area contributed by atoms with Crippen LogP contribution in [-0.2, 0) is 13.5 Å². The smallest absolute Gasteiger partial charge is 0.270 e. The van der Waals surface area contributed by atoms with E-state index in [1.165, 1.54) is 23.0 Å². The minimum absolute atomic E-state index is 0.119. The number of fused-ring (bicyclic) bond motifs is 1. The Hall–Kier alpha value is -3.62. The predicted octanol–water partition coefficient (Wildman–Crippen LogP) is 2.33. The lowest BCUT2D eigenvalue weighted by Crippen LogP contribution is -2.35. The summed E-state index contributed by atoms with van der Waals surface area (Å²) in [5.41, 5.74) is 3.53. The summed E-state index contributed by atoms with van der Waals surface area (Å²) >= 11 is 0. The fraction of sp³-hybridized carbons (Fsp3) is 0.250. The number of benzene rings is 1. The average molecular weight is 393 g/mol. The minimum Gasteiger partial charge on any atom is -0.348 e. The highest BCUT2D eigenvalue weighted by Gasteiger charge is 2.18. The van der Waals surface area contributed by atoms with E-state index in [4.69, 9.17) is 0 Å². The van der Waals surface area contributed by atoms with Crippen molar-refractivity contribution in [1.82, 2.24) is 34.7 Å². The zero-order chi connectivity index (χ0) is 20.5. The van der Waals surface area contributed by atoms with Gasteiger partial charge in [-0.3, -0.25) is 9.48 Å². The van der Waals surface area contributed by atoms with Gasteiger partial charge in [0.2, 0.25) is 0 Å². The van der Waals surface area contributed by atoms with E-state index in [1.807, 2.05) is 27.1 Å². The van der Waals surface area contributed by atoms with E-state index in [9.17, 15) is 9.18 Å². The van der Waals surface area contributed by atoms with Crippen LogP contribution in [0.15, 0.2) is 42.9 Å². The third kappa shape index (κ3) is 3.84. The van der Waals surface area contributed by atoms with Crippen molar-refractivity contribution < 1.29 is 9.18 Å². The third-order valence-corrected chi connectivity index (χ3v) is 4.64. The van der Waals surface area contributed by atoms with Crippen LogP contribution in [0.2, 0.25) is 0 Å².